The fourth-order valence-corrected chi connectivity index (χ4v) is 2.82. The molecule has 0 saturated heterocycles. The van der Waals surface area contributed by atoms with Crippen molar-refractivity contribution in [3.63, 3.8) is 0 Å². The van der Waals surface area contributed by atoms with Gasteiger partial charge in [0.1, 0.15) is 11.7 Å². The number of carbonyl (C=O) groups excluding carboxylic acids is 4. The lowest BCUT2D eigenvalue weighted by Gasteiger charge is -2.19. The molecular formula is C21H24ClN3O5. The van der Waals surface area contributed by atoms with E-state index in [1.807, 2.05) is 13.8 Å². The number of amides is 3. The number of nitrogens with one attached hydrogen (secondary N) is 2. The first-order valence-electron chi connectivity index (χ1n) is 9.36. The summed E-state index contributed by atoms with van der Waals surface area (Å²) in [7, 11) is 1.67. The van der Waals surface area contributed by atoms with Crippen molar-refractivity contribution in [3.05, 3.63) is 58.9 Å². The van der Waals surface area contributed by atoms with Crippen LogP contribution in [0.3, 0.4) is 0 Å². The lowest BCUT2D eigenvalue weighted by molar-refractivity contribution is -0.150. The molecule has 1 aromatic carbocycles. The second kappa shape index (κ2) is 10.6. The normalized spacial score (nSPS) is 11.6. The fraction of sp³-hybridized carbons (Fsp3) is 0.333. The number of benzene rings is 1. The zero-order chi connectivity index (χ0) is 22.3. The average molecular weight is 434 g/mol. The zero-order valence-electron chi connectivity index (χ0n) is 17.0. The van der Waals surface area contributed by atoms with E-state index in [9.17, 15) is 19.2 Å². The van der Waals surface area contributed by atoms with E-state index in [-0.39, 0.29) is 5.92 Å². The highest BCUT2D eigenvalue weighted by Gasteiger charge is 2.25. The van der Waals surface area contributed by atoms with Gasteiger partial charge in [-0.05, 0) is 48.7 Å². The van der Waals surface area contributed by atoms with Gasteiger partial charge in [-0.15, -0.1) is 0 Å². The number of halogens is 1. The molecule has 1 atom stereocenters. The van der Waals surface area contributed by atoms with Gasteiger partial charge in [0.25, 0.3) is 17.7 Å². The van der Waals surface area contributed by atoms with Crippen molar-refractivity contribution in [3.8, 4) is 0 Å². The van der Waals surface area contributed by atoms with Crippen molar-refractivity contribution in [2.24, 2.45) is 13.0 Å². The molecule has 0 aliphatic heterocycles. The van der Waals surface area contributed by atoms with E-state index in [2.05, 4.69) is 10.6 Å². The molecule has 2 rings (SSSR count). The molecule has 0 bridgehead atoms. The number of nitrogens with zero attached hydrogens (tertiary/aromatic N) is 1. The molecule has 1 aromatic heterocycles. The predicted molar refractivity (Wildman–Crippen MR) is 111 cm³/mol. The maximum absolute atomic E-state index is 12.4. The molecule has 0 aliphatic carbocycles. The molecule has 9 heteroatoms. The third-order valence-electron chi connectivity index (χ3n) is 4.18. The predicted octanol–water partition coefficient (Wildman–Crippen LogP) is 2.32. The van der Waals surface area contributed by atoms with Crippen LogP contribution in [0.2, 0.25) is 5.02 Å². The van der Waals surface area contributed by atoms with Gasteiger partial charge in [0.2, 0.25) is 0 Å². The SMILES string of the molecule is CC(C)CC(NC(=O)c1ccc(Cl)cc1)C(=O)OCC(=O)NC(=O)c1cccn1C. The second-order valence-electron chi connectivity index (χ2n) is 7.15. The minimum absolute atomic E-state index is 0.0841. The van der Waals surface area contributed by atoms with Crippen molar-refractivity contribution in [1.29, 1.82) is 0 Å². The Morgan fingerprint density at radius 3 is 2.30 bits per heavy atom. The van der Waals surface area contributed by atoms with Crippen molar-refractivity contribution < 1.29 is 23.9 Å². The molecular weight excluding hydrogens is 410 g/mol. The fourth-order valence-electron chi connectivity index (χ4n) is 2.69. The van der Waals surface area contributed by atoms with Gasteiger partial charge in [0, 0.05) is 23.8 Å². The molecule has 8 nitrogen and oxygen atoms in total. The third-order valence-corrected chi connectivity index (χ3v) is 4.43. The number of imide groups is 1. The van der Waals surface area contributed by atoms with Crippen LogP contribution in [-0.4, -0.2) is 40.9 Å². The molecule has 1 heterocycles. The van der Waals surface area contributed by atoms with Crippen LogP contribution >= 0.6 is 11.6 Å². The first-order chi connectivity index (χ1) is 14.2. The summed E-state index contributed by atoms with van der Waals surface area (Å²) in [6, 6.07) is 8.50. The lowest BCUT2D eigenvalue weighted by Crippen LogP contribution is -2.44. The number of aromatic nitrogens is 1. The number of hydrogen-bond donors (Lipinski definition) is 2. The topological polar surface area (TPSA) is 106 Å². The summed E-state index contributed by atoms with van der Waals surface area (Å²) in [4.78, 5) is 48.9. The summed E-state index contributed by atoms with van der Waals surface area (Å²) >= 11 is 5.82. The standard InChI is InChI=1S/C21H24ClN3O5/c1-13(2)11-16(23-19(27)14-6-8-15(22)9-7-14)21(29)30-12-18(26)24-20(28)17-5-4-10-25(17)3/h4-10,13,16H,11-12H2,1-3H3,(H,23,27)(H,24,26,28). The minimum atomic E-state index is -0.940. The van der Waals surface area contributed by atoms with Gasteiger partial charge in [-0.3, -0.25) is 19.7 Å². The van der Waals surface area contributed by atoms with Crippen molar-refractivity contribution in [2.45, 2.75) is 26.3 Å². The molecule has 0 aliphatic rings. The van der Waals surface area contributed by atoms with E-state index in [0.29, 0.717) is 22.7 Å². The number of carbonyl (C=O) groups is 4. The van der Waals surface area contributed by atoms with Crippen molar-refractivity contribution >= 4 is 35.3 Å². The molecule has 0 radical (unpaired) electrons. The maximum atomic E-state index is 12.4. The number of esters is 1. The Morgan fingerprint density at radius 2 is 1.73 bits per heavy atom. The highest BCUT2D eigenvalue weighted by atomic mass is 35.5. The van der Waals surface area contributed by atoms with E-state index in [0.717, 1.165) is 0 Å². The number of ether oxygens (including phenoxy) is 1. The molecule has 0 spiro atoms. The Hall–Kier alpha value is -3.13. The van der Waals surface area contributed by atoms with Crippen LogP contribution in [0, 0.1) is 5.92 Å². The smallest absolute Gasteiger partial charge is 0.329 e. The number of rotatable bonds is 8. The molecule has 2 N–H and O–H groups in total. The van der Waals surface area contributed by atoms with Crippen molar-refractivity contribution in [2.75, 3.05) is 6.61 Å². The second-order valence-corrected chi connectivity index (χ2v) is 7.59. The van der Waals surface area contributed by atoms with Crippen LogP contribution in [0.15, 0.2) is 42.6 Å². The molecule has 0 saturated carbocycles. The summed E-state index contributed by atoms with van der Waals surface area (Å²) in [6.45, 7) is 3.14. The van der Waals surface area contributed by atoms with E-state index < -0.39 is 36.3 Å². The third kappa shape index (κ3) is 6.73. The first-order valence-corrected chi connectivity index (χ1v) is 9.73. The molecule has 2 aromatic rings. The summed E-state index contributed by atoms with van der Waals surface area (Å²) < 4.78 is 6.58. The first kappa shape index (κ1) is 23.2. The molecule has 160 valence electrons. The van der Waals surface area contributed by atoms with Crippen LogP contribution in [0.4, 0.5) is 0 Å². The Bertz CT molecular complexity index is 921. The molecule has 0 fully saturated rings. The van der Waals surface area contributed by atoms with Crippen LogP contribution in [0.5, 0.6) is 0 Å². The van der Waals surface area contributed by atoms with Gasteiger partial charge < -0.3 is 14.6 Å². The van der Waals surface area contributed by atoms with Crippen LogP contribution in [0.1, 0.15) is 41.1 Å². The monoisotopic (exact) mass is 433 g/mol. The summed E-state index contributed by atoms with van der Waals surface area (Å²) in [5.41, 5.74) is 0.634. The van der Waals surface area contributed by atoms with Gasteiger partial charge in [0.15, 0.2) is 6.61 Å². The van der Waals surface area contributed by atoms with Gasteiger partial charge >= 0.3 is 5.97 Å². The Labute approximate surface area is 179 Å². The number of hydrogen-bond acceptors (Lipinski definition) is 5. The Morgan fingerprint density at radius 1 is 1.07 bits per heavy atom. The van der Waals surface area contributed by atoms with E-state index in [4.69, 9.17) is 16.3 Å². The van der Waals surface area contributed by atoms with Crippen LogP contribution in [0.25, 0.3) is 0 Å². The molecule has 30 heavy (non-hydrogen) atoms. The van der Waals surface area contributed by atoms with Gasteiger partial charge in [-0.1, -0.05) is 25.4 Å². The Balaban J connectivity index is 1.93. The summed E-state index contributed by atoms with van der Waals surface area (Å²) in [6.07, 6.45) is 1.99. The summed E-state index contributed by atoms with van der Waals surface area (Å²) in [5.74, 6) is -2.49. The van der Waals surface area contributed by atoms with E-state index in [1.165, 1.54) is 12.1 Å². The largest absolute Gasteiger partial charge is 0.454 e. The maximum Gasteiger partial charge on any atom is 0.329 e. The van der Waals surface area contributed by atoms with Crippen LogP contribution < -0.4 is 10.6 Å². The van der Waals surface area contributed by atoms with E-state index in [1.54, 1.807) is 42.1 Å². The van der Waals surface area contributed by atoms with Crippen molar-refractivity contribution in [1.82, 2.24) is 15.2 Å². The van der Waals surface area contributed by atoms with Gasteiger partial charge in [0.05, 0.1) is 0 Å². The van der Waals surface area contributed by atoms with Crippen LogP contribution in [-0.2, 0) is 21.4 Å². The lowest BCUT2D eigenvalue weighted by atomic mass is 10.0. The average Bonchev–Trinajstić information content (AvgIpc) is 3.11. The highest BCUT2D eigenvalue weighted by molar-refractivity contribution is 6.30. The van der Waals surface area contributed by atoms with E-state index >= 15 is 0 Å². The quantitative estimate of drug-likeness (QED) is 0.621. The van der Waals surface area contributed by atoms with Gasteiger partial charge in [-0.2, -0.15) is 0 Å². The van der Waals surface area contributed by atoms with Gasteiger partial charge in [-0.25, -0.2) is 4.79 Å². The zero-order valence-corrected chi connectivity index (χ0v) is 17.7. The molecule has 1 unspecified atom stereocenters. The minimum Gasteiger partial charge on any atom is -0.454 e. The molecule has 3 amide bonds. The number of aryl methyl sites for hydroxylation is 1. The summed E-state index contributed by atoms with van der Waals surface area (Å²) in [5, 5.41) is 5.26. The Kier molecular flexibility index (Phi) is 8.17. The highest BCUT2D eigenvalue weighted by Crippen LogP contribution is 2.11.